The second-order valence-corrected chi connectivity index (χ2v) is 35.1. The van der Waals surface area contributed by atoms with Gasteiger partial charge in [0.1, 0.15) is 33.5 Å². The Morgan fingerprint density at radius 3 is 0.678 bits per heavy atom. The Labute approximate surface area is 824 Å². The maximum Gasteiger partial charge on any atom is 0.160 e. The number of aromatic nitrogens is 9. The van der Waals surface area contributed by atoms with Crippen molar-refractivity contribution in [1.29, 1.82) is 5.26 Å². The number of nitriles is 1. The van der Waals surface area contributed by atoms with Crippen molar-refractivity contribution < 1.29 is 13.3 Å². The zero-order valence-electron chi connectivity index (χ0n) is 77.0. The van der Waals surface area contributed by atoms with E-state index < -0.39 is 0 Å². The molecule has 0 aliphatic rings. The molecule has 0 aliphatic heterocycles. The summed E-state index contributed by atoms with van der Waals surface area (Å²) in [5.41, 5.74) is 37.8. The fourth-order valence-corrected chi connectivity index (χ4v) is 18.5. The molecule has 143 heavy (non-hydrogen) atoms. The van der Waals surface area contributed by atoms with Gasteiger partial charge in [-0.15, -0.1) is 0 Å². The zero-order valence-corrected chi connectivity index (χ0v) is 77.0. The maximum absolute atomic E-state index is 9.30. The first-order chi connectivity index (χ1) is 70.7. The molecule has 17 aromatic carbocycles. The third-order valence-electron chi connectivity index (χ3n) is 26.1. The minimum absolute atomic E-state index is 0.608. The molecular formula is C130H82N10O3. The number of nitrogens with zero attached hydrogens (tertiary/aromatic N) is 10. The van der Waals surface area contributed by atoms with Crippen molar-refractivity contribution in [2.24, 2.45) is 0 Å². The fraction of sp³-hybridized carbons (Fsp3) is 0. The van der Waals surface area contributed by atoms with Gasteiger partial charge in [-0.1, -0.05) is 352 Å². The number of benzene rings is 17. The Kier molecular flexibility index (Phi) is 23.2. The van der Waals surface area contributed by atoms with E-state index in [2.05, 4.69) is 355 Å². The lowest BCUT2D eigenvalue weighted by atomic mass is 9.99. The van der Waals surface area contributed by atoms with E-state index in [9.17, 15) is 5.26 Å². The maximum atomic E-state index is 9.30. The molecule has 0 spiro atoms. The summed E-state index contributed by atoms with van der Waals surface area (Å²) in [6.07, 6.45) is 11.0. The highest BCUT2D eigenvalue weighted by atomic mass is 16.3. The van der Waals surface area contributed by atoms with Gasteiger partial charge in [0.05, 0.1) is 45.8 Å². The third kappa shape index (κ3) is 18.2. The number of fused-ring (bicyclic) bond motifs is 9. The van der Waals surface area contributed by atoms with E-state index in [1.54, 1.807) is 18.6 Å². The summed E-state index contributed by atoms with van der Waals surface area (Å²) in [6, 6.07) is 160. The zero-order chi connectivity index (χ0) is 95.3. The SMILES string of the molecule is N#Cc1ccc(-c2cc(-c3ccc(-c4ccc5oc6ccccc6c5c4)cc3)nc(-c3ccc(-c4cccnc4)cc3)n2)cc1.c1ccc(-c2ccc(-c3cc(-c4ccc(-c5ccc6oc7ccccc7c6c5)cc4)nc(-c4ccc(-c5cccnc5)cc4)n3)cc2)cc1.c1ccc(-c2cccc(-c3cc(-c4ccc(-c5ccc6oc7ccccc7c6c5)cc4)nc(-c4ccc(-c5cccnc5)cc4)n3)c2)cc1. The second-order valence-electron chi connectivity index (χ2n) is 35.1. The number of furan rings is 3. The lowest BCUT2D eigenvalue weighted by molar-refractivity contribution is 0.668. The van der Waals surface area contributed by atoms with Crippen LogP contribution in [-0.2, 0) is 0 Å². The average Bonchev–Trinajstić information content (AvgIpc) is 1.11. The van der Waals surface area contributed by atoms with Crippen molar-refractivity contribution in [1.82, 2.24) is 44.9 Å². The van der Waals surface area contributed by atoms with Gasteiger partial charge >= 0.3 is 0 Å². The predicted molar refractivity (Wildman–Crippen MR) is 578 cm³/mol. The largest absolute Gasteiger partial charge is 0.456 e. The molecule has 0 N–H and O–H groups in total. The molecule has 26 rings (SSSR count). The Balaban J connectivity index is 0.000000116. The topological polar surface area (TPSA) is 179 Å². The highest BCUT2D eigenvalue weighted by Crippen LogP contribution is 2.42. The van der Waals surface area contributed by atoms with Crippen LogP contribution in [0.3, 0.4) is 0 Å². The van der Waals surface area contributed by atoms with Crippen molar-refractivity contribution in [3.8, 4) is 197 Å². The monoisotopic (exact) mass is 1830 g/mol. The molecule has 13 heteroatoms. The molecule has 9 heterocycles. The van der Waals surface area contributed by atoms with Crippen LogP contribution in [0.2, 0.25) is 0 Å². The molecule has 0 fully saturated rings. The minimum atomic E-state index is 0.608. The van der Waals surface area contributed by atoms with Gasteiger partial charge in [0.15, 0.2) is 17.5 Å². The van der Waals surface area contributed by atoms with Gasteiger partial charge in [0.25, 0.3) is 0 Å². The number of rotatable bonds is 17. The van der Waals surface area contributed by atoms with Crippen LogP contribution in [0, 0.1) is 11.3 Å². The molecule has 0 amide bonds. The van der Waals surface area contributed by atoms with Crippen molar-refractivity contribution in [2.45, 2.75) is 0 Å². The van der Waals surface area contributed by atoms with Gasteiger partial charge < -0.3 is 13.3 Å². The first-order valence-corrected chi connectivity index (χ1v) is 47.3. The average molecular weight is 1830 g/mol. The van der Waals surface area contributed by atoms with Crippen molar-refractivity contribution >= 4 is 65.8 Å². The molecule has 13 nitrogen and oxygen atoms in total. The molecule has 0 aliphatic carbocycles. The molecule has 670 valence electrons. The van der Waals surface area contributed by atoms with E-state index in [0.717, 1.165) is 222 Å². The number of pyridine rings is 3. The van der Waals surface area contributed by atoms with Crippen LogP contribution >= 0.6 is 0 Å². The Bertz CT molecular complexity index is 9080. The van der Waals surface area contributed by atoms with Crippen LogP contribution in [0.5, 0.6) is 0 Å². The van der Waals surface area contributed by atoms with Crippen molar-refractivity contribution in [3.05, 3.63) is 504 Å². The van der Waals surface area contributed by atoms with Crippen LogP contribution < -0.4 is 0 Å². The van der Waals surface area contributed by atoms with E-state index in [4.69, 9.17) is 43.2 Å². The summed E-state index contributed by atoms with van der Waals surface area (Å²) in [6.45, 7) is 0. The van der Waals surface area contributed by atoms with Gasteiger partial charge in [0.2, 0.25) is 0 Å². The Morgan fingerprint density at radius 1 is 0.154 bits per heavy atom. The van der Waals surface area contributed by atoms with E-state index in [1.165, 1.54) is 16.7 Å². The Hall–Kier alpha value is -19.7. The standard InChI is InChI=1S/2C45H29N3O.C40H24N4O/c1-2-8-30(9-3-1)35-10-6-11-37(26-35)42-28-41(47-45(48-42)34-21-17-32(18-22-34)38-12-7-25-46-29-38)33-19-15-31(16-20-33)36-23-24-44-40(27-36)39-13-4-5-14-43(39)49-44;1-2-7-30(8-3-1)31-12-18-34(19-13-31)41-28-42(48-45(47-41)36-22-16-33(17-23-36)38-9-6-26-46-29-38)35-20-14-32(15-21-35)37-24-25-44-40(27-37)39-10-4-5-11-43(39)49-44;41-24-26-7-9-29(10-8-26)36-23-37(44-40(43-36)31-17-13-28(14-18-31)33-4-3-21-42-25-33)30-15-11-27(12-16-30)32-19-20-39-35(22-32)34-5-1-2-6-38(34)45-39/h2*1-29H;1-23,25H. The molecule has 0 unspecified atom stereocenters. The van der Waals surface area contributed by atoms with E-state index in [0.29, 0.717) is 23.0 Å². The third-order valence-corrected chi connectivity index (χ3v) is 26.1. The van der Waals surface area contributed by atoms with Crippen LogP contribution in [0.4, 0.5) is 0 Å². The summed E-state index contributed by atoms with van der Waals surface area (Å²) in [4.78, 5) is 43.2. The van der Waals surface area contributed by atoms with Gasteiger partial charge in [-0.3, -0.25) is 15.0 Å². The van der Waals surface area contributed by atoms with E-state index in [-0.39, 0.29) is 0 Å². The van der Waals surface area contributed by atoms with Crippen molar-refractivity contribution in [2.75, 3.05) is 0 Å². The highest BCUT2D eigenvalue weighted by Gasteiger charge is 2.21. The van der Waals surface area contributed by atoms with Crippen LogP contribution in [0.15, 0.2) is 511 Å². The van der Waals surface area contributed by atoms with Gasteiger partial charge in [0, 0.05) is 120 Å². The first kappa shape index (κ1) is 86.2. The summed E-state index contributed by atoms with van der Waals surface area (Å²) >= 11 is 0. The van der Waals surface area contributed by atoms with E-state index in [1.807, 2.05) is 146 Å². The molecule has 26 aromatic rings. The van der Waals surface area contributed by atoms with Crippen molar-refractivity contribution in [3.63, 3.8) is 0 Å². The Morgan fingerprint density at radius 2 is 0.371 bits per heavy atom. The fourth-order valence-electron chi connectivity index (χ4n) is 18.5. The summed E-state index contributed by atoms with van der Waals surface area (Å²) in [5, 5.41) is 16.0. The molecule has 0 radical (unpaired) electrons. The molecule has 9 aromatic heterocycles. The molecular weight excluding hydrogens is 1750 g/mol. The second kappa shape index (κ2) is 38.5. The van der Waals surface area contributed by atoms with Crippen LogP contribution in [0.1, 0.15) is 5.56 Å². The van der Waals surface area contributed by atoms with Gasteiger partial charge in [-0.05, 0) is 198 Å². The molecule has 0 saturated heterocycles. The van der Waals surface area contributed by atoms with Crippen LogP contribution in [0.25, 0.3) is 257 Å². The lowest BCUT2D eigenvalue weighted by Crippen LogP contribution is -1.96. The summed E-state index contributed by atoms with van der Waals surface area (Å²) in [5.74, 6) is 1.99. The highest BCUT2D eigenvalue weighted by molar-refractivity contribution is 6.09. The molecule has 0 bridgehead atoms. The summed E-state index contributed by atoms with van der Waals surface area (Å²) in [7, 11) is 0. The summed E-state index contributed by atoms with van der Waals surface area (Å²) < 4.78 is 18.1. The smallest absolute Gasteiger partial charge is 0.160 e. The quantitative estimate of drug-likeness (QED) is 0.0841. The van der Waals surface area contributed by atoms with Crippen LogP contribution in [-0.4, -0.2) is 44.9 Å². The number of para-hydroxylation sites is 3. The molecule has 0 atom stereocenters. The number of hydrogen-bond acceptors (Lipinski definition) is 13. The number of hydrogen-bond donors (Lipinski definition) is 0. The molecule has 0 saturated carbocycles. The minimum Gasteiger partial charge on any atom is -0.456 e. The normalized spacial score (nSPS) is 11.2. The van der Waals surface area contributed by atoms with E-state index >= 15 is 0 Å². The van der Waals surface area contributed by atoms with Gasteiger partial charge in [-0.25, -0.2) is 29.9 Å². The lowest BCUT2D eigenvalue weighted by Gasteiger charge is -2.12. The van der Waals surface area contributed by atoms with Gasteiger partial charge in [-0.2, -0.15) is 5.26 Å². The first-order valence-electron chi connectivity index (χ1n) is 47.3. The predicted octanol–water partition coefficient (Wildman–Crippen LogP) is 33.5.